The molecule has 0 aromatic heterocycles. The molecule has 8 heteroatoms. The minimum absolute atomic E-state index is 0.365. The van der Waals surface area contributed by atoms with Crippen LogP contribution in [0.3, 0.4) is 0 Å². The Labute approximate surface area is 252 Å². The van der Waals surface area contributed by atoms with Crippen LogP contribution in [0.15, 0.2) is 84.9 Å². The molecule has 0 aliphatic heterocycles. The molecule has 0 N–H and O–H groups in total. The molecular weight excluding hydrogens is 546 g/mol. The third-order valence-corrected chi connectivity index (χ3v) is 7.54. The van der Waals surface area contributed by atoms with Crippen LogP contribution >= 0.6 is 12.1 Å². The molecule has 0 fully saturated rings. The summed E-state index contributed by atoms with van der Waals surface area (Å²) in [5, 5.41) is 3.13. The lowest BCUT2D eigenvalue weighted by molar-refractivity contribution is -0.00127. The number of hydrogen-bond acceptors (Lipinski definition) is 5. The van der Waals surface area contributed by atoms with Crippen molar-refractivity contribution in [3.63, 3.8) is 0 Å². The van der Waals surface area contributed by atoms with Crippen molar-refractivity contribution in [1.29, 1.82) is 0 Å². The summed E-state index contributed by atoms with van der Waals surface area (Å²) in [6.45, 7) is 11.4. The van der Waals surface area contributed by atoms with Crippen LogP contribution in [0.4, 0.5) is 4.79 Å². The first-order valence-electron chi connectivity index (χ1n) is 13.9. The fourth-order valence-corrected chi connectivity index (χ4v) is 5.54. The van der Waals surface area contributed by atoms with Crippen LogP contribution in [-0.2, 0) is 6.42 Å². The zero-order chi connectivity index (χ0) is 30.6. The summed E-state index contributed by atoms with van der Waals surface area (Å²) in [5.41, 5.74) is 2.95. The van der Waals surface area contributed by atoms with Gasteiger partial charge in [0.05, 0.1) is 5.54 Å². The summed E-state index contributed by atoms with van der Waals surface area (Å²) in [4.78, 5) is 41.6. The van der Waals surface area contributed by atoms with Crippen LogP contribution in [-0.4, -0.2) is 44.2 Å². The van der Waals surface area contributed by atoms with Crippen LogP contribution in [0, 0.1) is 13.8 Å². The quantitative estimate of drug-likeness (QED) is 0.170. The first-order chi connectivity index (χ1) is 19.9. The molecular formula is C34H37N3O4S. The Morgan fingerprint density at radius 3 is 2.02 bits per heavy atom. The summed E-state index contributed by atoms with van der Waals surface area (Å²) >= 11 is 0.804. The second kappa shape index (κ2) is 12.7. The van der Waals surface area contributed by atoms with Crippen LogP contribution in [0.25, 0.3) is 10.8 Å². The van der Waals surface area contributed by atoms with Gasteiger partial charge >= 0.3 is 6.09 Å². The number of aryl methyl sites for hydroxylation is 3. The third kappa shape index (κ3) is 6.94. The number of carbonyl (C=O) groups excluding carboxylic acids is 3. The monoisotopic (exact) mass is 583 g/mol. The lowest BCUT2D eigenvalue weighted by Gasteiger charge is -2.43. The van der Waals surface area contributed by atoms with Gasteiger partial charge in [0, 0.05) is 23.6 Å². The number of hydrogen-bond donors (Lipinski definition) is 0. The Morgan fingerprint density at radius 1 is 0.786 bits per heavy atom. The van der Waals surface area contributed by atoms with Gasteiger partial charge in [-0.1, -0.05) is 72.6 Å². The minimum atomic E-state index is -0.832. The first kappa shape index (κ1) is 30.7. The van der Waals surface area contributed by atoms with Crippen molar-refractivity contribution in [3.8, 4) is 5.75 Å². The van der Waals surface area contributed by atoms with Crippen molar-refractivity contribution >= 4 is 40.8 Å². The van der Waals surface area contributed by atoms with E-state index in [1.165, 1.54) is 20.8 Å². The topological polar surface area (TPSA) is 70.2 Å². The average molecular weight is 584 g/mol. The molecule has 7 nitrogen and oxygen atoms in total. The van der Waals surface area contributed by atoms with E-state index in [-0.39, 0.29) is 5.91 Å². The van der Waals surface area contributed by atoms with E-state index in [4.69, 9.17) is 4.74 Å². The molecule has 218 valence electrons. The molecule has 4 aromatic rings. The van der Waals surface area contributed by atoms with E-state index in [1.807, 2.05) is 96.1 Å². The SMILES string of the molecule is CCc1ccc(C(=O)N(SN(C)C(=O)Oc2cccc3ccccc23)N(C(=O)c2cc(C)cc(C)c2)C(C)(C)C)cc1. The number of nitrogens with zero attached hydrogens (tertiary/aromatic N) is 3. The molecule has 4 aromatic carbocycles. The van der Waals surface area contributed by atoms with Gasteiger partial charge in [-0.05, 0) is 82.3 Å². The van der Waals surface area contributed by atoms with E-state index >= 15 is 0 Å². The van der Waals surface area contributed by atoms with E-state index in [0.29, 0.717) is 16.9 Å². The van der Waals surface area contributed by atoms with Gasteiger partial charge in [-0.2, -0.15) is 4.41 Å². The minimum Gasteiger partial charge on any atom is -0.409 e. The second-order valence-electron chi connectivity index (χ2n) is 11.2. The summed E-state index contributed by atoms with van der Waals surface area (Å²) in [5.74, 6) is -0.408. The first-order valence-corrected chi connectivity index (χ1v) is 14.6. The smallest absolute Gasteiger partial charge is 0.409 e. The number of fused-ring (bicyclic) bond motifs is 1. The van der Waals surface area contributed by atoms with Crippen LogP contribution in [0.2, 0.25) is 0 Å². The maximum atomic E-state index is 14.1. The fourth-order valence-electron chi connectivity index (χ4n) is 4.63. The van der Waals surface area contributed by atoms with E-state index in [1.54, 1.807) is 30.3 Å². The highest BCUT2D eigenvalue weighted by molar-refractivity contribution is 7.95. The van der Waals surface area contributed by atoms with E-state index in [9.17, 15) is 14.4 Å². The van der Waals surface area contributed by atoms with Crippen molar-refractivity contribution in [2.45, 2.75) is 53.5 Å². The number of benzene rings is 4. The number of hydrazine groups is 1. The standard InChI is InChI=1S/C34H37N3O4S/c1-8-25-16-18-27(19-17-25)32(39)37(36(34(4,5)6)31(38)28-21-23(2)20-24(3)22-28)42-35(7)33(40)41-30-15-11-13-26-12-9-10-14-29(26)30/h9-22H,8H2,1-7H3. The second-order valence-corrected chi connectivity index (χ2v) is 12.3. The van der Waals surface area contributed by atoms with Gasteiger partial charge in [0.1, 0.15) is 17.9 Å². The molecule has 0 radical (unpaired) electrons. The Hall–Kier alpha value is -4.30. The van der Waals surface area contributed by atoms with Crippen molar-refractivity contribution in [3.05, 3.63) is 113 Å². The van der Waals surface area contributed by atoms with Gasteiger partial charge in [0.25, 0.3) is 11.8 Å². The van der Waals surface area contributed by atoms with E-state index < -0.39 is 17.5 Å². The highest BCUT2D eigenvalue weighted by Gasteiger charge is 2.39. The van der Waals surface area contributed by atoms with Gasteiger partial charge in [0.2, 0.25) is 0 Å². The Bertz CT molecular complexity index is 1590. The molecule has 0 aliphatic rings. The maximum absolute atomic E-state index is 14.1. The number of carbonyl (C=O) groups is 3. The van der Waals surface area contributed by atoms with Crippen molar-refractivity contribution in [2.24, 2.45) is 0 Å². The molecule has 42 heavy (non-hydrogen) atoms. The van der Waals surface area contributed by atoms with Crippen molar-refractivity contribution < 1.29 is 19.1 Å². The molecule has 0 aliphatic carbocycles. The summed E-state index contributed by atoms with van der Waals surface area (Å²) in [6, 6.07) is 25.9. The largest absolute Gasteiger partial charge is 0.426 e. The Kier molecular flexibility index (Phi) is 9.27. The third-order valence-electron chi connectivity index (χ3n) is 6.66. The zero-order valence-corrected chi connectivity index (χ0v) is 26.0. The molecule has 0 unspecified atom stereocenters. The average Bonchev–Trinajstić information content (AvgIpc) is 2.95. The molecule has 0 saturated heterocycles. The predicted molar refractivity (Wildman–Crippen MR) is 169 cm³/mol. The number of amides is 3. The fraction of sp³-hybridized carbons (Fsp3) is 0.265. The maximum Gasteiger partial charge on any atom is 0.426 e. The van der Waals surface area contributed by atoms with Crippen molar-refractivity contribution in [1.82, 2.24) is 13.7 Å². The molecule has 0 spiro atoms. The molecule has 0 heterocycles. The van der Waals surface area contributed by atoms with E-state index in [2.05, 4.69) is 0 Å². The lowest BCUT2D eigenvalue weighted by atomic mass is 10.0. The number of rotatable bonds is 6. The molecule has 0 bridgehead atoms. The summed E-state index contributed by atoms with van der Waals surface area (Å²) < 4.78 is 8.24. The predicted octanol–water partition coefficient (Wildman–Crippen LogP) is 8.01. The molecule has 3 amide bonds. The molecule has 0 saturated carbocycles. The van der Waals surface area contributed by atoms with Gasteiger partial charge < -0.3 is 4.74 Å². The number of ether oxygens (including phenoxy) is 1. The zero-order valence-electron chi connectivity index (χ0n) is 25.2. The lowest BCUT2D eigenvalue weighted by Crippen LogP contribution is -2.56. The molecule has 4 rings (SSSR count). The summed E-state index contributed by atoms with van der Waals surface area (Å²) in [7, 11) is 1.51. The van der Waals surface area contributed by atoms with Crippen LogP contribution in [0.5, 0.6) is 5.75 Å². The van der Waals surface area contributed by atoms with Gasteiger partial charge in [-0.25, -0.2) is 14.1 Å². The van der Waals surface area contributed by atoms with Crippen molar-refractivity contribution in [2.75, 3.05) is 7.05 Å². The Morgan fingerprint density at radius 2 is 1.40 bits per heavy atom. The van der Waals surface area contributed by atoms with Crippen LogP contribution < -0.4 is 4.74 Å². The highest BCUT2D eigenvalue weighted by Crippen LogP contribution is 2.31. The summed E-state index contributed by atoms with van der Waals surface area (Å²) in [6.07, 6.45) is 0.137. The van der Waals surface area contributed by atoms with Gasteiger partial charge in [-0.3, -0.25) is 9.59 Å². The normalized spacial score (nSPS) is 11.2. The van der Waals surface area contributed by atoms with E-state index in [0.717, 1.165) is 46.0 Å². The Balaban J connectivity index is 1.72. The highest BCUT2D eigenvalue weighted by atomic mass is 32.2. The van der Waals surface area contributed by atoms with Gasteiger partial charge in [-0.15, -0.1) is 0 Å². The molecule has 0 atom stereocenters. The van der Waals surface area contributed by atoms with Crippen LogP contribution in [0.1, 0.15) is 65.1 Å². The van der Waals surface area contributed by atoms with Gasteiger partial charge in [0.15, 0.2) is 0 Å².